The van der Waals surface area contributed by atoms with Gasteiger partial charge in [-0.1, -0.05) is 66.5 Å². The van der Waals surface area contributed by atoms with Gasteiger partial charge in [-0.2, -0.15) is 0 Å². The van der Waals surface area contributed by atoms with Crippen molar-refractivity contribution in [1.29, 1.82) is 0 Å². The van der Waals surface area contributed by atoms with Crippen LogP contribution in [0.4, 0.5) is 0 Å². The monoisotopic (exact) mass is 254 g/mol. The van der Waals surface area contributed by atoms with Gasteiger partial charge in [0.1, 0.15) is 0 Å². The molecule has 78 valence electrons. The summed E-state index contributed by atoms with van der Waals surface area (Å²) in [7, 11) is 0. The Morgan fingerprint density at radius 2 is 1.64 bits per heavy atom. The summed E-state index contributed by atoms with van der Waals surface area (Å²) in [5.41, 5.74) is 3.06. The van der Waals surface area contributed by atoms with Gasteiger partial charge in [0.25, 0.3) is 0 Å². The largest absolute Gasteiger partial charge is 0.0881 e. The minimum Gasteiger partial charge on any atom is -0.0881 e. The molecule has 0 aliphatic carbocycles. The summed E-state index contributed by atoms with van der Waals surface area (Å²) in [6.07, 6.45) is 1.10. The van der Waals surface area contributed by atoms with Crippen molar-refractivity contribution in [1.82, 2.24) is 0 Å². The second kappa shape index (κ2) is 4.48. The zero-order valence-electron chi connectivity index (χ0n) is 9.47. The van der Waals surface area contributed by atoms with Gasteiger partial charge in [0, 0.05) is 4.83 Å². The molecule has 0 N–H and O–H groups in total. The molecule has 14 heavy (non-hydrogen) atoms. The molecule has 0 bridgehead atoms. The molecule has 1 rings (SSSR count). The minimum absolute atomic E-state index is 0.324. The molecule has 0 saturated carbocycles. The van der Waals surface area contributed by atoms with Gasteiger partial charge in [-0.3, -0.25) is 0 Å². The van der Waals surface area contributed by atoms with Gasteiger partial charge < -0.3 is 0 Å². The van der Waals surface area contributed by atoms with E-state index in [1.807, 2.05) is 0 Å². The summed E-state index contributed by atoms with van der Waals surface area (Å²) >= 11 is 3.75. The summed E-state index contributed by atoms with van der Waals surface area (Å²) in [6, 6.07) is 8.79. The average molecular weight is 255 g/mol. The lowest BCUT2D eigenvalue weighted by molar-refractivity contribution is 0.398. The van der Waals surface area contributed by atoms with Crippen molar-refractivity contribution in [2.75, 3.05) is 0 Å². The van der Waals surface area contributed by atoms with E-state index in [9.17, 15) is 0 Å². The third-order valence-electron chi connectivity index (χ3n) is 2.48. The Bertz CT molecular complexity index is 279. The smallest absolute Gasteiger partial charge is 0.0234 e. The van der Waals surface area contributed by atoms with Crippen LogP contribution in [-0.2, 0) is 6.42 Å². The number of alkyl halides is 1. The van der Waals surface area contributed by atoms with Crippen LogP contribution in [0.1, 0.15) is 31.9 Å². The topological polar surface area (TPSA) is 0 Å². The van der Waals surface area contributed by atoms with E-state index in [-0.39, 0.29) is 0 Å². The Kier molecular flexibility index (Phi) is 3.77. The standard InChI is InChI=1S/C13H19Br/c1-10-5-7-11(8-6-10)9-12(14)13(2,3)4/h5-8,12H,9H2,1-4H3. The van der Waals surface area contributed by atoms with E-state index in [1.165, 1.54) is 11.1 Å². The SMILES string of the molecule is Cc1ccc(CC(Br)C(C)(C)C)cc1. The van der Waals surface area contributed by atoms with E-state index < -0.39 is 0 Å². The van der Waals surface area contributed by atoms with Crippen molar-refractivity contribution in [3.05, 3.63) is 35.4 Å². The van der Waals surface area contributed by atoms with Crippen LogP contribution in [0.3, 0.4) is 0 Å². The summed E-state index contributed by atoms with van der Waals surface area (Å²) < 4.78 is 0. The highest BCUT2D eigenvalue weighted by molar-refractivity contribution is 9.09. The van der Waals surface area contributed by atoms with Crippen LogP contribution in [0.2, 0.25) is 0 Å². The maximum atomic E-state index is 3.75. The molecule has 1 heteroatoms. The van der Waals surface area contributed by atoms with E-state index >= 15 is 0 Å². The van der Waals surface area contributed by atoms with Gasteiger partial charge >= 0.3 is 0 Å². The van der Waals surface area contributed by atoms with Crippen LogP contribution in [0.15, 0.2) is 24.3 Å². The summed E-state index contributed by atoms with van der Waals surface area (Å²) in [5, 5.41) is 0. The van der Waals surface area contributed by atoms with Crippen molar-refractivity contribution >= 4 is 15.9 Å². The van der Waals surface area contributed by atoms with E-state index in [2.05, 4.69) is 67.9 Å². The zero-order valence-corrected chi connectivity index (χ0v) is 11.1. The predicted molar refractivity (Wildman–Crippen MR) is 67.1 cm³/mol. The molecule has 0 radical (unpaired) electrons. The van der Waals surface area contributed by atoms with Gasteiger partial charge in [0.15, 0.2) is 0 Å². The highest BCUT2D eigenvalue weighted by atomic mass is 79.9. The van der Waals surface area contributed by atoms with E-state index in [0.717, 1.165) is 6.42 Å². The Labute approximate surface area is 95.9 Å². The first-order chi connectivity index (χ1) is 6.39. The van der Waals surface area contributed by atoms with Gasteiger partial charge in [0.05, 0.1) is 0 Å². The Morgan fingerprint density at radius 3 is 2.07 bits per heavy atom. The molecular weight excluding hydrogens is 236 g/mol. The Hall–Kier alpha value is -0.300. The average Bonchev–Trinajstić information content (AvgIpc) is 2.07. The third-order valence-corrected chi connectivity index (χ3v) is 4.17. The highest BCUT2D eigenvalue weighted by Gasteiger charge is 2.21. The molecule has 1 aromatic carbocycles. The third kappa shape index (κ3) is 3.45. The number of halogens is 1. The fourth-order valence-electron chi connectivity index (χ4n) is 1.24. The Balaban J connectivity index is 2.65. The van der Waals surface area contributed by atoms with Crippen LogP contribution in [-0.4, -0.2) is 4.83 Å². The second-order valence-corrected chi connectivity index (χ2v) is 6.13. The normalized spacial score (nSPS) is 14.1. The van der Waals surface area contributed by atoms with Crippen molar-refractivity contribution in [3.8, 4) is 0 Å². The van der Waals surface area contributed by atoms with Crippen LogP contribution in [0.5, 0.6) is 0 Å². The number of hydrogen-bond donors (Lipinski definition) is 0. The summed E-state index contributed by atoms with van der Waals surface area (Å²) in [4.78, 5) is 0.540. The fourth-order valence-corrected chi connectivity index (χ4v) is 1.61. The number of hydrogen-bond acceptors (Lipinski definition) is 0. The Morgan fingerprint density at radius 1 is 1.14 bits per heavy atom. The molecule has 0 nitrogen and oxygen atoms in total. The molecule has 1 aromatic rings. The fraction of sp³-hybridized carbons (Fsp3) is 0.538. The molecule has 0 heterocycles. The first-order valence-electron chi connectivity index (χ1n) is 5.09. The van der Waals surface area contributed by atoms with Crippen molar-refractivity contribution in [2.45, 2.75) is 38.9 Å². The second-order valence-electron chi connectivity index (χ2n) is 5.02. The first-order valence-corrected chi connectivity index (χ1v) is 6.01. The molecular formula is C13H19Br. The van der Waals surface area contributed by atoms with E-state index in [0.29, 0.717) is 10.2 Å². The number of benzene rings is 1. The van der Waals surface area contributed by atoms with Gasteiger partial charge in [-0.25, -0.2) is 0 Å². The van der Waals surface area contributed by atoms with Crippen LogP contribution < -0.4 is 0 Å². The lowest BCUT2D eigenvalue weighted by atomic mass is 9.88. The molecule has 0 aliphatic heterocycles. The van der Waals surface area contributed by atoms with Crippen LogP contribution in [0, 0.1) is 12.3 Å². The predicted octanol–water partition coefficient (Wildman–Crippen LogP) is 4.35. The quantitative estimate of drug-likeness (QED) is 0.689. The minimum atomic E-state index is 0.324. The first kappa shape index (κ1) is 11.8. The van der Waals surface area contributed by atoms with Gasteiger partial charge in [0.2, 0.25) is 0 Å². The molecule has 0 fully saturated rings. The van der Waals surface area contributed by atoms with Gasteiger partial charge in [-0.05, 0) is 24.3 Å². The van der Waals surface area contributed by atoms with E-state index in [1.54, 1.807) is 0 Å². The highest BCUT2D eigenvalue weighted by Crippen LogP contribution is 2.28. The van der Waals surface area contributed by atoms with Gasteiger partial charge in [-0.15, -0.1) is 0 Å². The molecule has 1 atom stereocenters. The summed E-state index contributed by atoms with van der Waals surface area (Å²) in [6.45, 7) is 8.92. The number of aryl methyl sites for hydroxylation is 1. The lowest BCUT2D eigenvalue weighted by Crippen LogP contribution is -2.22. The van der Waals surface area contributed by atoms with Crippen molar-refractivity contribution in [3.63, 3.8) is 0 Å². The molecule has 0 aromatic heterocycles. The zero-order chi connectivity index (χ0) is 10.8. The molecule has 0 spiro atoms. The molecule has 0 aliphatic rings. The van der Waals surface area contributed by atoms with Crippen molar-refractivity contribution < 1.29 is 0 Å². The maximum Gasteiger partial charge on any atom is 0.0234 e. The molecule has 0 amide bonds. The lowest BCUT2D eigenvalue weighted by Gasteiger charge is -2.25. The maximum absolute atomic E-state index is 3.75. The van der Waals surface area contributed by atoms with Crippen molar-refractivity contribution in [2.24, 2.45) is 5.41 Å². The van der Waals surface area contributed by atoms with E-state index in [4.69, 9.17) is 0 Å². The number of rotatable bonds is 2. The molecule has 1 unspecified atom stereocenters. The summed E-state index contributed by atoms with van der Waals surface area (Å²) in [5.74, 6) is 0. The van der Waals surface area contributed by atoms with Crippen LogP contribution >= 0.6 is 15.9 Å². The van der Waals surface area contributed by atoms with Crippen LogP contribution in [0.25, 0.3) is 0 Å². The molecule has 0 saturated heterocycles.